The number of nitrogen functional groups attached to an aromatic ring is 1. The van der Waals surface area contributed by atoms with Crippen molar-refractivity contribution in [2.75, 3.05) is 23.8 Å². The van der Waals surface area contributed by atoms with Gasteiger partial charge in [-0.1, -0.05) is 19.9 Å². The number of nitrogens with zero attached hydrogens (tertiary/aromatic N) is 1. The number of aromatic nitrogens is 1. The summed E-state index contributed by atoms with van der Waals surface area (Å²) in [5.41, 5.74) is 7.22. The van der Waals surface area contributed by atoms with Gasteiger partial charge in [-0.3, -0.25) is 0 Å². The van der Waals surface area contributed by atoms with Crippen LogP contribution in [0.15, 0.2) is 18.3 Å². The molecular formula is C16H27N3S2. The van der Waals surface area contributed by atoms with Gasteiger partial charge in [-0.2, -0.15) is 23.5 Å². The minimum Gasteiger partial charge on any atom is -0.383 e. The smallest absolute Gasteiger partial charge is 0.126 e. The Balaban J connectivity index is 2.11. The fourth-order valence-corrected chi connectivity index (χ4v) is 6.07. The molecule has 2 heterocycles. The molecule has 1 aromatic heterocycles. The molecule has 0 radical (unpaired) electrons. The van der Waals surface area contributed by atoms with E-state index >= 15 is 0 Å². The molecule has 0 amide bonds. The minimum atomic E-state index is 0.485. The molecule has 0 saturated carbocycles. The lowest BCUT2D eigenvalue weighted by Crippen LogP contribution is -2.46. The summed E-state index contributed by atoms with van der Waals surface area (Å²) in [7, 11) is 0. The lowest BCUT2D eigenvalue weighted by Gasteiger charge is -2.36. The molecule has 3 nitrogen and oxygen atoms in total. The second kappa shape index (κ2) is 8.91. The van der Waals surface area contributed by atoms with Gasteiger partial charge in [0, 0.05) is 34.2 Å². The van der Waals surface area contributed by atoms with Crippen molar-refractivity contribution in [3.63, 3.8) is 0 Å². The summed E-state index contributed by atoms with van der Waals surface area (Å²) >= 11 is 4.28. The molecule has 0 aliphatic carbocycles. The quantitative estimate of drug-likeness (QED) is 0.806. The second-order valence-electron chi connectivity index (χ2n) is 5.47. The highest BCUT2D eigenvalue weighted by Crippen LogP contribution is 2.36. The van der Waals surface area contributed by atoms with Crippen molar-refractivity contribution < 1.29 is 0 Å². The predicted octanol–water partition coefficient (Wildman–Crippen LogP) is 3.20. The maximum atomic E-state index is 6.04. The first-order chi connectivity index (χ1) is 10.3. The van der Waals surface area contributed by atoms with Crippen LogP contribution in [0.25, 0.3) is 0 Å². The van der Waals surface area contributed by atoms with Crippen molar-refractivity contribution in [1.82, 2.24) is 10.3 Å². The number of nitrogens with one attached hydrogen (secondary N) is 1. The molecule has 2 rings (SSSR count). The average Bonchev–Trinajstić information content (AvgIpc) is 2.53. The Hall–Kier alpha value is -0.390. The maximum absolute atomic E-state index is 6.04. The van der Waals surface area contributed by atoms with Gasteiger partial charge >= 0.3 is 0 Å². The Morgan fingerprint density at radius 2 is 2.19 bits per heavy atom. The summed E-state index contributed by atoms with van der Waals surface area (Å²) in [6, 6.07) is 4.59. The van der Waals surface area contributed by atoms with E-state index < -0.39 is 0 Å². The van der Waals surface area contributed by atoms with E-state index in [1.54, 1.807) is 6.20 Å². The van der Waals surface area contributed by atoms with Crippen LogP contribution in [0, 0.1) is 0 Å². The highest BCUT2D eigenvalue weighted by Gasteiger charge is 2.32. The molecule has 1 saturated heterocycles. The van der Waals surface area contributed by atoms with E-state index in [1.807, 2.05) is 6.07 Å². The van der Waals surface area contributed by atoms with Gasteiger partial charge < -0.3 is 11.1 Å². The normalized spacial score (nSPS) is 23.9. The summed E-state index contributed by atoms with van der Waals surface area (Å²) in [5, 5.41) is 5.17. The van der Waals surface area contributed by atoms with Crippen LogP contribution in [0.3, 0.4) is 0 Å². The van der Waals surface area contributed by atoms with Gasteiger partial charge in [-0.15, -0.1) is 0 Å². The zero-order valence-electron chi connectivity index (χ0n) is 13.0. The summed E-state index contributed by atoms with van der Waals surface area (Å²) in [4.78, 5) is 4.23. The Morgan fingerprint density at radius 1 is 1.38 bits per heavy atom. The van der Waals surface area contributed by atoms with Gasteiger partial charge in [0.1, 0.15) is 5.82 Å². The summed E-state index contributed by atoms with van der Waals surface area (Å²) in [6.07, 6.45) is 5.16. The van der Waals surface area contributed by atoms with Crippen LogP contribution < -0.4 is 11.1 Å². The van der Waals surface area contributed by atoms with Crippen LogP contribution >= 0.6 is 23.5 Å². The maximum Gasteiger partial charge on any atom is 0.126 e. The molecule has 3 N–H and O–H groups in total. The van der Waals surface area contributed by atoms with E-state index in [0.717, 1.165) is 18.2 Å². The molecule has 5 heteroatoms. The van der Waals surface area contributed by atoms with E-state index in [2.05, 4.69) is 53.7 Å². The molecular weight excluding hydrogens is 298 g/mol. The number of pyridine rings is 1. The van der Waals surface area contributed by atoms with Gasteiger partial charge in [0.15, 0.2) is 0 Å². The van der Waals surface area contributed by atoms with Crippen molar-refractivity contribution >= 4 is 29.3 Å². The van der Waals surface area contributed by atoms with Crippen molar-refractivity contribution in [2.45, 2.75) is 49.7 Å². The first-order valence-electron chi connectivity index (χ1n) is 7.92. The van der Waals surface area contributed by atoms with E-state index in [4.69, 9.17) is 5.73 Å². The standard InChI is InChI=1S/C16H27N3S2/c1-3-7-18-13(11-12-6-5-8-19-16(12)17)15-14(4-2)20-9-10-21-15/h5-6,8,13-15,18H,3-4,7,9-11H2,1-2H3,(H2,17,19). The van der Waals surface area contributed by atoms with E-state index in [9.17, 15) is 0 Å². The fraction of sp³-hybridized carbons (Fsp3) is 0.688. The number of hydrogen-bond donors (Lipinski definition) is 2. The number of nitrogens with two attached hydrogens (primary N) is 1. The molecule has 118 valence electrons. The van der Waals surface area contributed by atoms with Gasteiger partial charge in [0.25, 0.3) is 0 Å². The Morgan fingerprint density at radius 3 is 2.90 bits per heavy atom. The van der Waals surface area contributed by atoms with Crippen molar-refractivity contribution in [2.24, 2.45) is 0 Å². The number of anilines is 1. The van der Waals surface area contributed by atoms with Crippen molar-refractivity contribution in [3.8, 4) is 0 Å². The van der Waals surface area contributed by atoms with Crippen molar-refractivity contribution in [3.05, 3.63) is 23.9 Å². The molecule has 0 aromatic carbocycles. The lowest BCUT2D eigenvalue weighted by molar-refractivity contribution is 0.477. The van der Waals surface area contributed by atoms with Crippen LogP contribution in [0.1, 0.15) is 32.3 Å². The lowest BCUT2D eigenvalue weighted by atomic mass is 10.00. The van der Waals surface area contributed by atoms with E-state index in [1.165, 1.54) is 29.9 Å². The molecule has 3 unspecified atom stereocenters. The number of rotatable bonds is 7. The highest BCUT2D eigenvalue weighted by atomic mass is 32.2. The summed E-state index contributed by atoms with van der Waals surface area (Å²) < 4.78 is 0. The van der Waals surface area contributed by atoms with Crippen molar-refractivity contribution in [1.29, 1.82) is 0 Å². The molecule has 1 aliphatic rings. The number of hydrogen-bond acceptors (Lipinski definition) is 5. The van der Waals surface area contributed by atoms with E-state index in [-0.39, 0.29) is 0 Å². The zero-order chi connectivity index (χ0) is 15.1. The Bertz CT molecular complexity index is 428. The predicted molar refractivity (Wildman–Crippen MR) is 97.2 cm³/mol. The average molecular weight is 326 g/mol. The van der Waals surface area contributed by atoms with Gasteiger partial charge in [0.2, 0.25) is 0 Å². The van der Waals surface area contributed by atoms with Crippen LogP contribution in [-0.2, 0) is 6.42 Å². The third-order valence-electron chi connectivity index (χ3n) is 3.91. The molecule has 0 spiro atoms. The molecule has 21 heavy (non-hydrogen) atoms. The first kappa shape index (κ1) is 17.0. The second-order valence-corrected chi connectivity index (χ2v) is 8.10. The molecule has 1 fully saturated rings. The molecule has 1 aromatic rings. The van der Waals surface area contributed by atoms with Crippen LogP contribution in [0.2, 0.25) is 0 Å². The third-order valence-corrected chi connectivity index (χ3v) is 7.32. The third kappa shape index (κ3) is 4.80. The molecule has 0 bridgehead atoms. The Kier molecular flexibility index (Phi) is 7.20. The highest BCUT2D eigenvalue weighted by molar-refractivity contribution is 8.07. The van der Waals surface area contributed by atoms with Crippen LogP contribution in [-0.4, -0.2) is 39.6 Å². The zero-order valence-corrected chi connectivity index (χ0v) is 14.7. The molecule has 3 atom stereocenters. The number of thioether (sulfide) groups is 2. The first-order valence-corrected chi connectivity index (χ1v) is 10.0. The minimum absolute atomic E-state index is 0.485. The monoisotopic (exact) mass is 325 g/mol. The van der Waals surface area contributed by atoms with Crippen LogP contribution in [0.4, 0.5) is 5.82 Å². The van der Waals surface area contributed by atoms with E-state index in [0.29, 0.717) is 17.1 Å². The largest absolute Gasteiger partial charge is 0.383 e. The Labute approximate surface area is 137 Å². The SMILES string of the molecule is CCCNC(Cc1cccnc1N)C1SCCSC1CC. The van der Waals surface area contributed by atoms with Gasteiger partial charge in [-0.25, -0.2) is 4.98 Å². The fourth-order valence-electron chi connectivity index (χ4n) is 2.81. The summed E-state index contributed by atoms with van der Waals surface area (Å²) in [6.45, 7) is 5.61. The topological polar surface area (TPSA) is 50.9 Å². The van der Waals surface area contributed by atoms with Crippen LogP contribution in [0.5, 0.6) is 0 Å². The summed E-state index contributed by atoms with van der Waals surface area (Å²) in [5.74, 6) is 3.23. The molecule has 1 aliphatic heterocycles. The van der Waals surface area contributed by atoms with Gasteiger partial charge in [-0.05, 0) is 37.4 Å². The van der Waals surface area contributed by atoms with Gasteiger partial charge in [0.05, 0.1) is 0 Å².